The van der Waals surface area contributed by atoms with E-state index in [1.54, 1.807) is 30.4 Å². The molecule has 10 heteroatoms. The molecule has 0 amide bonds. The minimum absolute atomic E-state index is 0.0236. The van der Waals surface area contributed by atoms with Crippen LogP contribution in [-0.2, 0) is 19.5 Å². The standard InChI is InChI=1S/C17H19BrN2O6S/c1-17(13(24-3)6-5-7-14(17)25-4)27(21,22)20-16-15-11(23-2)8-10(18)9-12(15)26-19-16/h5-9,13H,1-4H3,(H,19,20). The minimum atomic E-state index is -4.06. The van der Waals surface area contributed by atoms with Gasteiger partial charge in [0.2, 0.25) is 10.0 Å². The lowest BCUT2D eigenvalue weighted by Crippen LogP contribution is -2.52. The van der Waals surface area contributed by atoms with E-state index in [2.05, 4.69) is 25.8 Å². The Kier molecular flexibility index (Phi) is 5.24. The van der Waals surface area contributed by atoms with E-state index in [1.165, 1.54) is 28.3 Å². The smallest absolute Gasteiger partial charge is 0.249 e. The lowest BCUT2D eigenvalue weighted by atomic mass is 9.96. The summed E-state index contributed by atoms with van der Waals surface area (Å²) in [5.41, 5.74) is 0.374. The van der Waals surface area contributed by atoms with Gasteiger partial charge in [-0.3, -0.25) is 4.72 Å². The van der Waals surface area contributed by atoms with E-state index in [0.717, 1.165) is 0 Å². The average Bonchev–Trinajstić information content (AvgIpc) is 3.02. The molecule has 0 fully saturated rings. The van der Waals surface area contributed by atoms with Crippen LogP contribution in [0.4, 0.5) is 5.82 Å². The van der Waals surface area contributed by atoms with Crippen molar-refractivity contribution in [3.05, 3.63) is 40.6 Å². The third kappa shape index (κ3) is 3.11. The number of allylic oxidation sites excluding steroid dienone is 2. The fraction of sp³-hybridized carbons (Fsp3) is 0.353. The summed E-state index contributed by atoms with van der Waals surface area (Å²) < 4.78 is 49.7. The van der Waals surface area contributed by atoms with Crippen LogP contribution in [0.5, 0.6) is 5.75 Å². The third-order valence-corrected chi connectivity index (χ3v) is 7.02. The number of methoxy groups -OCH3 is 3. The first kappa shape index (κ1) is 19.7. The number of halogens is 1. The number of hydrogen-bond acceptors (Lipinski definition) is 7. The van der Waals surface area contributed by atoms with Crippen molar-refractivity contribution in [2.45, 2.75) is 17.8 Å². The van der Waals surface area contributed by atoms with Gasteiger partial charge < -0.3 is 18.7 Å². The van der Waals surface area contributed by atoms with Gasteiger partial charge in [-0.05, 0) is 25.1 Å². The van der Waals surface area contributed by atoms with E-state index in [9.17, 15) is 8.42 Å². The Morgan fingerprint density at radius 2 is 2.00 bits per heavy atom. The number of sulfonamides is 1. The first-order valence-corrected chi connectivity index (χ1v) is 10.2. The van der Waals surface area contributed by atoms with Gasteiger partial charge in [-0.1, -0.05) is 33.2 Å². The van der Waals surface area contributed by atoms with Gasteiger partial charge >= 0.3 is 0 Å². The zero-order valence-electron chi connectivity index (χ0n) is 15.1. The van der Waals surface area contributed by atoms with Crippen molar-refractivity contribution in [2.24, 2.45) is 0 Å². The predicted octanol–water partition coefficient (Wildman–Crippen LogP) is 3.21. The van der Waals surface area contributed by atoms with E-state index in [1.807, 2.05) is 0 Å². The highest BCUT2D eigenvalue weighted by Gasteiger charge is 2.52. The Balaban J connectivity index is 2.10. The maximum absolute atomic E-state index is 13.3. The van der Waals surface area contributed by atoms with Crippen molar-refractivity contribution in [3.63, 3.8) is 0 Å². The second-order valence-electron chi connectivity index (χ2n) is 6.00. The van der Waals surface area contributed by atoms with Crippen molar-refractivity contribution < 1.29 is 27.2 Å². The van der Waals surface area contributed by atoms with Crippen LogP contribution in [0.25, 0.3) is 11.0 Å². The van der Waals surface area contributed by atoms with Gasteiger partial charge in [-0.25, -0.2) is 8.42 Å². The zero-order valence-corrected chi connectivity index (χ0v) is 17.5. The van der Waals surface area contributed by atoms with Crippen LogP contribution in [0, 0.1) is 0 Å². The summed E-state index contributed by atoms with van der Waals surface area (Å²) in [6.07, 6.45) is 4.17. The first-order chi connectivity index (χ1) is 12.8. The summed E-state index contributed by atoms with van der Waals surface area (Å²) in [4.78, 5) is 0. The number of ether oxygens (including phenoxy) is 3. The van der Waals surface area contributed by atoms with Crippen molar-refractivity contribution in [1.29, 1.82) is 0 Å². The third-order valence-electron chi connectivity index (χ3n) is 4.55. The molecule has 2 aromatic rings. The second kappa shape index (κ2) is 7.17. The molecule has 1 N–H and O–H groups in total. The molecule has 1 aliphatic carbocycles. The summed E-state index contributed by atoms with van der Waals surface area (Å²) in [5, 5.41) is 4.29. The number of rotatable bonds is 6. The number of benzene rings is 1. The summed E-state index contributed by atoms with van der Waals surface area (Å²) in [5.74, 6) is 0.681. The molecular weight excluding hydrogens is 440 g/mol. The predicted molar refractivity (Wildman–Crippen MR) is 104 cm³/mol. The molecule has 1 aliphatic rings. The summed E-state index contributed by atoms with van der Waals surface area (Å²) >= 11 is 3.35. The monoisotopic (exact) mass is 458 g/mol. The average molecular weight is 459 g/mol. The van der Waals surface area contributed by atoms with Crippen LogP contribution >= 0.6 is 15.9 Å². The van der Waals surface area contributed by atoms with Crippen molar-refractivity contribution >= 4 is 42.7 Å². The van der Waals surface area contributed by atoms with Crippen molar-refractivity contribution in [3.8, 4) is 5.75 Å². The van der Waals surface area contributed by atoms with Crippen molar-refractivity contribution in [2.75, 3.05) is 26.1 Å². The fourth-order valence-electron chi connectivity index (χ4n) is 3.06. The largest absolute Gasteiger partial charge is 0.499 e. The topological polar surface area (TPSA) is 99.9 Å². The van der Waals surface area contributed by atoms with Gasteiger partial charge in [0.05, 0.1) is 14.2 Å². The number of aromatic nitrogens is 1. The lowest BCUT2D eigenvalue weighted by Gasteiger charge is -2.36. The molecule has 27 heavy (non-hydrogen) atoms. The van der Waals surface area contributed by atoms with Crippen LogP contribution in [-0.4, -0.2) is 45.8 Å². The van der Waals surface area contributed by atoms with Gasteiger partial charge in [0.15, 0.2) is 16.1 Å². The minimum Gasteiger partial charge on any atom is -0.499 e. The molecule has 0 spiro atoms. The maximum Gasteiger partial charge on any atom is 0.249 e. The summed E-state index contributed by atoms with van der Waals surface area (Å²) in [6.45, 7) is 1.53. The highest BCUT2D eigenvalue weighted by molar-refractivity contribution is 9.10. The first-order valence-electron chi connectivity index (χ1n) is 7.89. The van der Waals surface area contributed by atoms with E-state index >= 15 is 0 Å². The second-order valence-corrected chi connectivity index (χ2v) is 8.98. The molecule has 0 saturated heterocycles. The van der Waals surface area contributed by atoms with Crippen LogP contribution < -0.4 is 9.46 Å². The van der Waals surface area contributed by atoms with Gasteiger partial charge in [0.1, 0.15) is 23.0 Å². The van der Waals surface area contributed by atoms with E-state index in [0.29, 0.717) is 21.2 Å². The Labute approximate surface area is 165 Å². The van der Waals surface area contributed by atoms with Crippen LogP contribution in [0.1, 0.15) is 6.92 Å². The van der Waals surface area contributed by atoms with Gasteiger partial charge in [-0.2, -0.15) is 0 Å². The molecule has 1 aromatic heterocycles. The molecule has 0 saturated carbocycles. The van der Waals surface area contributed by atoms with Crippen LogP contribution in [0.15, 0.2) is 45.1 Å². The zero-order chi connectivity index (χ0) is 19.8. The quantitative estimate of drug-likeness (QED) is 0.708. The number of anilines is 1. The lowest BCUT2D eigenvalue weighted by molar-refractivity contribution is 0.0930. The van der Waals surface area contributed by atoms with E-state index < -0.39 is 20.9 Å². The molecular formula is C17H19BrN2O6S. The number of fused-ring (bicyclic) bond motifs is 1. The number of nitrogens with zero attached hydrogens (tertiary/aromatic N) is 1. The maximum atomic E-state index is 13.3. The Morgan fingerprint density at radius 3 is 2.63 bits per heavy atom. The molecule has 146 valence electrons. The fourth-order valence-corrected chi connectivity index (χ4v) is 4.98. The molecule has 0 radical (unpaired) electrons. The molecule has 3 rings (SSSR count). The van der Waals surface area contributed by atoms with Crippen LogP contribution in [0.3, 0.4) is 0 Å². The molecule has 8 nitrogen and oxygen atoms in total. The molecule has 2 atom stereocenters. The molecule has 2 unspecified atom stereocenters. The van der Waals surface area contributed by atoms with Gasteiger partial charge in [-0.15, -0.1) is 0 Å². The number of nitrogens with one attached hydrogen (secondary N) is 1. The Hall–Kier alpha value is -2.04. The Morgan fingerprint density at radius 1 is 1.26 bits per heavy atom. The highest BCUT2D eigenvalue weighted by Crippen LogP contribution is 2.40. The normalized spacial score (nSPS) is 22.6. The SMILES string of the molecule is COC1=CC=CC(OC)C1(C)S(=O)(=O)Nc1noc2cc(Br)cc(OC)c12. The molecule has 0 bridgehead atoms. The van der Waals surface area contributed by atoms with Gasteiger partial charge in [0.25, 0.3) is 0 Å². The molecule has 1 heterocycles. The van der Waals surface area contributed by atoms with Gasteiger partial charge in [0, 0.05) is 11.6 Å². The summed E-state index contributed by atoms with van der Waals surface area (Å²) in [6, 6.07) is 3.37. The molecule has 0 aliphatic heterocycles. The molecule has 1 aromatic carbocycles. The highest BCUT2D eigenvalue weighted by atomic mass is 79.9. The number of hydrogen-bond donors (Lipinski definition) is 1. The van der Waals surface area contributed by atoms with E-state index in [-0.39, 0.29) is 11.6 Å². The summed E-state index contributed by atoms with van der Waals surface area (Å²) in [7, 11) is 0.267. The van der Waals surface area contributed by atoms with Crippen molar-refractivity contribution in [1.82, 2.24) is 5.16 Å². The van der Waals surface area contributed by atoms with E-state index in [4.69, 9.17) is 18.7 Å². The van der Waals surface area contributed by atoms with Crippen LogP contribution in [0.2, 0.25) is 0 Å². The Bertz CT molecular complexity index is 1030.